The van der Waals surface area contributed by atoms with Crippen molar-refractivity contribution in [2.75, 3.05) is 13.1 Å². The van der Waals surface area contributed by atoms with E-state index in [0.29, 0.717) is 6.54 Å². The molecule has 4 rings (SSSR count). The Morgan fingerprint density at radius 3 is 2.77 bits per heavy atom. The zero-order chi connectivity index (χ0) is 17.1. The molecule has 0 saturated carbocycles. The van der Waals surface area contributed by atoms with Gasteiger partial charge in [0.1, 0.15) is 6.04 Å². The highest BCUT2D eigenvalue weighted by Crippen LogP contribution is 2.33. The van der Waals surface area contributed by atoms with Gasteiger partial charge in [-0.05, 0) is 52.7 Å². The molecule has 1 saturated heterocycles. The van der Waals surface area contributed by atoms with Crippen LogP contribution in [0.25, 0.3) is 0 Å². The van der Waals surface area contributed by atoms with Crippen LogP contribution in [-0.4, -0.2) is 38.2 Å². The second-order valence-electron chi connectivity index (χ2n) is 6.84. The monoisotopic (exact) mass is 388 g/mol. The maximum Gasteiger partial charge on any atom is 0.174 e. The number of nitrogens with zero attached hydrogens (tertiary/aromatic N) is 5. The molecule has 1 aliphatic rings. The Bertz CT molecular complexity index is 789. The van der Waals surface area contributed by atoms with Crippen molar-refractivity contribution in [2.45, 2.75) is 32.4 Å². The fourth-order valence-electron chi connectivity index (χ4n) is 3.65. The summed E-state index contributed by atoms with van der Waals surface area (Å²) in [6, 6.07) is 14.9. The normalized spacial score (nSPS) is 19.0. The summed E-state index contributed by atoms with van der Waals surface area (Å²) in [6.07, 6.45) is 2.55. The molecule has 5 nitrogen and oxygen atoms in total. The predicted molar refractivity (Wildman–Crippen MR) is 99.5 cm³/mol. The van der Waals surface area contributed by atoms with Gasteiger partial charge in [0.25, 0.3) is 0 Å². The molecule has 0 radical (unpaired) electrons. The molecule has 1 aliphatic heterocycles. The number of hydrogen-bond donors (Lipinski definition) is 0. The van der Waals surface area contributed by atoms with Crippen LogP contribution < -0.4 is 12.4 Å². The summed E-state index contributed by atoms with van der Waals surface area (Å²) in [5, 5.41) is 14.9. The van der Waals surface area contributed by atoms with Gasteiger partial charge in [-0.25, -0.2) is 4.68 Å². The number of hydrogen-bond acceptors (Lipinski definition) is 5. The molecule has 138 valence electrons. The van der Waals surface area contributed by atoms with Gasteiger partial charge in [0, 0.05) is 11.4 Å². The minimum Gasteiger partial charge on any atom is -1.00 e. The number of aromatic nitrogens is 4. The van der Waals surface area contributed by atoms with Crippen molar-refractivity contribution < 1.29 is 12.4 Å². The topological polar surface area (TPSA) is 46.8 Å². The van der Waals surface area contributed by atoms with Gasteiger partial charge < -0.3 is 12.4 Å². The van der Waals surface area contributed by atoms with Crippen LogP contribution in [0.4, 0.5) is 0 Å². The van der Waals surface area contributed by atoms with Crippen LogP contribution >= 0.6 is 11.3 Å². The fourth-order valence-corrected chi connectivity index (χ4v) is 4.51. The van der Waals surface area contributed by atoms with E-state index in [0.717, 1.165) is 24.8 Å². The van der Waals surface area contributed by atoms with Crippen molar-refractivity contribution in [2.24, 2.45) is 5.92 Å². The second kappa shape index (κ2) is 8.75. The Morgan fingerprint density at radius 2 is 2.04 bits per heavy atom. The van der Waals surface area contributed by atoms with E-state index in [4.69, 9.17) is 0 Å². The summed E-state index contributed by atoms with van der Waals surface area (Å²) in [4.78, 5) is 3.87. The van der Waals surface area contributed by atoms with Crippen LogP contribution in [0, 0.1) is 5.92 Å². The standard InChI is InChI=1S/C19H23N5S.ClH/c1-15-7-5-11-23(13-15)18(17-10-6-12-25-17)19-20-21-22-24(19)14-16-8-3-2-4-9-16;/h2-4,6,8-10,12,15,18H,5,7,11,13-14H2,1H3;1H/p-1. The first kappa shape index (κ1) is 19.0. The van der Waals surface area contributed by atoms with Crippen molar-refractivity contribution >= 4 is 11.3 Å². The molecule has 2 atom stereocenters. The third-order valence-corrected chi connectivity index (χ3v) is 5.77. The molecule has 0 amide bonds. The zero-order valence-electron chi connectivity index (χ0n) is 14.8. The summed E-state index contributed by atoms with van der Waals surface area (Å²) in [7, 11) is 0. The molecular weight excluding hydrogens is 366 g/mol. The van der Waals surface area contributed by atoms with Crippen LogP contribution in [0.5, 0.6) is 0 Å². The molecule has 0 bridgehead atoms. The Morgan fingerprint density at radius 1 is 1.19 bits per heavy atom. The summed E-state index contributed by atoms with van der Waals surface area (Å²) in [5.41, 5.74) is 1.22. The van der Waals surface area contributed by atoms with Gasteiger partial charge >= 0.3 is 0 Å². The molecule has 26 heavy (non-hydrogen) atoms. The highest BCUT2D eigenvalue weighted by atomic mass is 35.5. The molecular formula is C19H23ClN5S-. The fraction of sp³-hybridized carbons (Fsp3) is 0.421. The number of rotatable bonds is 5. The predicted octanol–water partition coefficient (Wildman–Crippen LogP) is 0.608. The van der Waals surface area contributed by atoms with Gasteiger partial charge in [-0.3, -0.25) is 4.90 Å². The molecule has 3 heterocycles. The average Bonchev–Trinajstić information content (AvgIpc) is 3.30. The lowest BCUT2D eigenvalue weighted by atomic mass is 9.98. The van der Waals surface area contributed by atoms with Crippen molar-refractivity contribution in [3.63, 3.8) is 0 Å². The van der Waals surface area contributed by atoms with Crippen LogP contribution in [0.15, 0.2) is 47.8 Å². The second-order valence-corrected chi connectivity index (χ2v) is 7.82. The third-order valence-electron chi connectivity index (χ3n) is 4.85. The molecule has 0 spiro atoms. The van der Waals surface area contributed by atoms with Crippen LogP contribution in [0.2, 0.25) is 0 Å². The SMILES string of the molecule is CC1CCCN(C(c2cccs2)c2nnnn2Cc2ccccc2)C1.[Cl-]. The highest BCUT2D eigenvalue weighted by molar-refractivity contribution is 7.10. The van der Waals surface area contributed by atoms with Crippen molar-refractivity contribution in [1.82, 2.24) is 25.1 Å². The number of piperidine rings is 1. The minimum absolute atomic E-state index is 0. The molecule has 7 heteroatoms. The third kappa shape index (κ3) is 4.14. The molecule has 2 unspecified atom stereocenters. The number of thiophene rings is 1. The summed E-state index contributed by atoms with van der Waals surface area (Å²) in [6.45, 7) is 5.24. The number of likely N-dealkylation sites (tertiary alicyclic amines) is 1. The quantitative estimate of drug-likeness (QED) is 0.642. The first-order valence-electron chi connectivity index (χ1n) is 8.88. The molecule has 1 aromatic carbocycles. The lowest BCUT2D eigenvalue weighted by Crippen LogP contribution is -3.00. The maximum atomic E-state index is 4.44. The van der Waals surface area contributed by atoms with Gasteiger partial charge in [0.05, 0.1) is 6.54 Å². The van der Waals surface area contributed by atoms with E-state index in [1.54, 1.807) is 11.3 Å². The van der Waals surface area contributed by atoms with Crippen LogP contribution in [0.3, 0.4) is 0 Å². The van der Waals surface area contributed by atoms with Gasteiger partial charge in [-0.1, -0.05) is 43.3 Å². The van der Waals surface area contributed by atoms with Gasteiger partial charge in [-0.2, -0.15) is 0 Å². The Kier molecular flexibility index (Phi) is 6.40. The minimum atomic E-state index is 0. The van der Waals surface area contributed by atoms with E-state index in [2.05, 4.69) is 69.1 Å². The lowest BCUT2D eigenvalue weighted by Gasteiger charge is -2.36. The van der Waals surface area contributed by atoms with Gasteiger partial charge in [0.2, 0.25) is 0 Å². The van der Waals surface area contributed by atoms with E-state index in [1.165, 1.54) is 23.3 Å². The van der Waals surface area contributed by atoms with Crippen LogP contribution in [-0.2, 0) is 6.54 Å². The largest absolute Gasteiger partial charge is 1.00 e. The molecule has 0 aliphatic carbocycles. The van der Waals surface area contributed by atoms with Gasteiger partial charge in [0.15, 0.2) is 5.82 Å². The molecule has 3 aromatic rings. The maximum absolute atomic E-state index is 4.44. The number of benzene rings is 1. The highest BCUT2D eigenvalue weighted by Gasteiger charge is 2.31. The van der Waals surface area contributed by atoms with E-state index >= 15 is 0 Å². The van der Waals surface area contributed by atoms with E-state index in [9.17, 15) is 0 Å². The van der Waals surface area contributed by atoms with Gasteiger partial charge in [-0.15, -0.1) is 16.4 Å². The van der Waals surface area contributed by atoms with Crippen molar-refractivity contribution in [1.29, 1.82) is 0 Å². The van der Waals surface area contributed by atoms with E-state index in [1.807, 2.05) is 10.7 Å². The van der Waals surface area contributed by atoms with Crippen LogP contribution in [0.1, 0.15) is 42.1 Å². The first-order chi connectivity index (χ1) is 12.3. The summed E-state index contributed by atoms with van der Waals surface area (Å²) < 4.78 is 1.96. The Labute approximate surface area is 164 Å². The van der Waals surface area contributed by atoms with E-state index < -0.39 is 0 Å². The number of tetrazole rings is 1. The summed E-state index contributed by atoms with van der Waals surface area (Å²) in [5.74, 6) is 1.66. The van der Waals surface area contributed by atoms with Crippen molar-refractivity contribution in [3.8, 4) is 0 Å². The summed E-state index contributed by atoms with van der Waals surface area (Å²) >= 11 is 1.79. The number of halogens is 1. The molecule has 2 aromatic heterocycles. The lowest BCUT2D eigenvalue weighted by molar-refractivity contribution is -0.00000528. The molecule has 0 N–H and O–H groups in total. The van der Waals surface area contributed by atoms with Crippen molar-refractivity contribution in [3.05, 3.63) is 64.1 Å². The smallest absolute Gasteiger partial charge is 0.174 e. The van der Waals surface area contributed by atoms with E-state index in [-0.39, 0.29) is 18.4 Å². The Hall–Kier alpha value is -1.76. The zero-order valence-corrected chi connectivity index (χ0v) is 16.4. The average molecular weight is 389 g/mol. The first-order valence-corrected chi connectivity index (χ1v) is 9.76. The Balaban J connectivity index is 0.00000196. The molecule has 1 fully saturated rings.